The fraction of sp³-hybridized carbons (Fsp3) is 0.429. The number of nitrogens with one attached hydrogen (secondary N) is 1. The number of anilines is 1. The Morgan fingerprint density at radius 1 is 1.32 bits per heavy atom. The van der Waals surface area contributed by atoms with E-state index in [0.717, 1.165) is 41.6 Å². The van der Waals surface area contributed by atoms with Crippen LogP contribution < -0.4 is 5.32 Å². The van der Waals surface area contributed by atoms with Crippen LogP contribution in [0.15, 0.2) is 23.7 Å². The molecule has 0 bridgehead atoms. The molecule has 0 saturated heterocycles. The van der Waals surface area contributed by atoms with Crippen molar-refractivity contribution in [3.8, 4) is 0 Å². The highest BCUT2D eigenvalue weighted by atomic mass is 32.1. The van der Waals surface area contributed by atoms with Crippen molar-refractivity contribution in [3.05, 3.63) is 23.7 Å². The van der Waals surface area contributed by atoms with E-state index in [1.807, 2.05) is 18.2 Å². The number of thiazole rings is 1. The van der Waals surface area contributed by atoms with Gasteiger partial charge in [0.25, 0.3) is 0 Å². The Hall–Kier alpha value is -1.46. The molecule has 0 radical (unpaired) electrons. The lowest BCUT2D eigenvalue weighted by Crippen LogP contribution is -2.28. The fourth-order valence-corrected chi connectivity index (χ4v) is 3.23. The quantitative estimate of drug-likeness (QED) is 0.886. The molecule has 0 spiro atoms. The Kier molecular flexibility index (Phi) is 3.48. The van der Waals surface area contributed by atoms with Crippen LogP contribution in [0.5, 0.6) is 0 Å². The molecular formula is C14H16N2O2S. The maximum absolute atomic E-state index is 12.1. The smallest absolute Gasteiger partial charge is 0.227 e. The molecule has 5 heteroatoms. The van der Waals surface area contributed by atoms with Crippen LogP contribution in [0.3, 0.4) is 0 Å². The first-order valence-corrected chi connectivity index (χ1v) is 7.42. The summed E-state index contributed by atoms with van der Waals surface area (Å²) in [5.74, 6) is 0.0938. The summed E-state index contributed by atoms with van der Waals surface area (Å²) in [6, 6.07) is 5.77. The summed E-state index contributed by atoms with van der Waals surface area (Å²) in [5.41, 5.74) is 3.59. The minimum absolute atomic E-state index is 0.0283. The van der Waals surface area contributed by atoms with Gasteiger partial charge in [0.05, 0.1) is 21.8 Å². The molecule has 1 saturated carbocycles. The lowest BCUT2D eigenvalue weighted by Gasteiger charge is -2.24. The maximum Gasteiger partial charge on any atom is 0.227 e. The third-order valence-corrected chi connectivity index (χ3v) is 4.46. The molecule has 4 nitrogen and oxygen atoms in total. The zero-order valence-corrected chi connectivity index (χ0v) is 11.3. The van der Waals surface area contributed by atoms with Gasteiger partial charge in [0.15, 0.2) is 0 Å². The summed E-state index contributed by atoms with van der Waals surface area (Å²) in [6.45, 7) is 0. The van der Waals surface area contributed by atoms with E-state index in [9.17, 15) is 9.90 Å². The Morgan fingerprint density at radius 3 is 2.89 bits per heavy atom. The number of carbonyl (C=O) groups is 1. The number of nitrogens with zero attached hydrogens (tertiary/aromatic N) is 1. The van der Waals surface area contributed by atoms with E-state index in [-0.39, 0.29) is 17.9 Å². The molecule has 1 aromatic carbocycles. The molecule has 0 unspecified atom stereocenters. The first kappa shape index (κ1) is 12.6. The predicted molar refractivity (Wildman–Crippen MR) is 76.2 cm³/mol. The lowest BCUT2D eigenvalue weighted by atomic mass is 9.87. The summed E-state index contributed by atoms with van der Waals surface area (Å²) in [5, 5.41) is 12.4. The number of amides is 1. The lowest BCUT2D eigenvalue weighted by molar-refractivity contribution is -0.121. The minimum Gasteiger partial charge on any atom is -0.393 e. The summed E-state index contributed by atoms with van der Waals surface area (Å²) >= 11 is 1.57. The van der Waals surface area contributed by atoms with Crippen molar-refractivity contribution >= 4 is 33.1 Å². The molecule has 1 fully saturated rings. The normalized spacial score (nSPS) is 23.4. The van der Waals surface area contributed by atoms with Gasteiger partial charge in [0.2, 0.25) is 5.91 Å². The van der Waals surface area contributed by atoms with E-state index >= 15 is 0 Å². The number of aliphatic hydroxyl groups is 1. The molecule has 19 heavy (non-hydrogen) atoms. The van der Waals surface area contributed by atoms with Gasteiger partial charge < -0.3 is 10.4 Å². The van der Waals surface area contributed by atoms with Gasteiger partial charge in [0.1, 0.15) is 0 Å². The number of aliphatic hydroxyl groups excluding tert-OH is 1. The number of benzene rings is 1. The Labute approximate surface area is 115 Å². The number of aromatic nitrogens is 1. The molecule has 0 atom stereocenters. The van der Waals surface area contributed by atoms with Crippen molar-refractivity contribution < 1.29 is 9.90 Å². The van der Waals surface area contributed by atoms with Gasteiger partial charge in [-0.2, -0.15) is 0 Å². The molecule has 3 rings (SSSR count). The van der Waals surface area contributed by atoms with E-state index in [1.54, 1.807) is 16.8 Å². The summed E-state index contributed by atoms with van der Waals surface area (Å²) in [7, 11) is 0. The van der Waals surface area contributed by atoms with Gasteiger partial charge in [-0.25, -0.2) is 4.98 Å². The first-order chi connectivity index (χ1) is 9.22. The van der Waals surface area contributed by atoms with Crippen LogP contribution in [0.2, 0.25) is 0 Å². The van der Waals surface area contributed by atoms with Gasteiger partial charge in [-0.15, -0.1) is 11.3 Å². The summed E-state index contributed by atoms with van der Waals surface area (Å²) in [4.78, 5) is 16.4. The largest absolute Gasteiger partial charge is 0.393 e. The van der Waals surface area contributed by atoms with E-state index in [0.29, 0.717) is 0 Å². The second kappa shape index (κ2) is 5.27. The van der Waals surface area contributed by atoms with Crippen molar-refractivity contribution in [2.24, 2.45) is 5.92 Å². The average molecular weight is 276 g/mol. The van der Waals surface area contributed by atoms with Crippen molar-refractivity contribution in [1.82, 2.24) is 4.98 Å². The zero-order valence-electron chi connectivity index (χ0n) is 10.5. The first-order valence-electron chi connectivity index (χ1n) is 6.54. The van der Waals surface area contributed by atoms with Crippen molar-refractivity contribution in [2.75, 3.05) is 5.32 Å². The van der Waals surface area contributed by atoms with Crippen LogP contribution >= 0.6 is 11.3 Å². The van der Waals surface area contributed by atoms with Crippen LogP contribution in [0, 0.1) is 5.92 Å². The number of rotatable bonds is 2. The van der Waals surface area contributed by atoms with Crippen molar-refractivity contribution in [3.63, 3.8) is 0 Å². The topological polar surface area (TPSA) is 62.2 Å². The summed E-state index contributed by atoms with van der Waals surface area (Å²) in [6.07, 6.45) is 2.78. The van der Waals surface area contributed by atoms with Gasteiger partial charge in [0, 0.05) is 11.6 Å². The van der Waals surface area contributed by atoms with Crippen LogP contribution in [-0.4, -0.2) is 22.1 Å². The van der Waals surface area contributed by atoms with Crippen molar-refractivity contribution in [2.45, 2.75) is 31.8 Å². The fourth-order valence-electron chi connectivity index (χ4n) is 2.52. The molecule has 2 aromatic rings. The highest BCUT2D eigenvalue weighted by molar-refractivity contribution is 7.16. The molecule has 2 N–H and O–H groups in total. The molecule has 100 valence electrons. The molecule has 1 heterocycles. The van der Waals surface area contributed by atoms with Gasteiger partial charge in [-0.1, -0.05) is 0 Å². The molecule has 0 aliphatic heterocycles. The highest BCUT2D eigenvalue weighted by Gasteiger charge is 2.25. The van der Waals surface area contributed by atoms with Gasteiger partial charge in [-0.3, -0.25) is 4.79 Å². The summed E-state index contributed by atoms with van der Waals surface area (Å²) < 4.78 is 1.08. The second-order valence-corrected chi connectivity index (χ2v) is 5.92. The van der Waals surface area contributed by atoms with Crippen LogP contribution in [0.4, 0.5) is 5.69 Å². The molecule has 1 aromatic heterocycles. The highest BCUT2D eigenvalue weighted by Crippen LogP contribution is 2.27. The third kappa shape index (κ3) is 2.77. The zero-order chi connectivity index (χ0) is 13.2. The standard InChI is InChI=1S/C14H16N2O2S/c17-11-4-1-9(2-5-11)14(18)16-10-3-6-12-13(7-10)19-8-15-12/h3,6-9,11,17H,1-2,4-5H2,(H,16,18). The third-order valence-electron chi connectivity index (χ3n) is 3.67. The minimum atomic E-state index is -0.224. The Bertz CT molecular complexity index is 588. The second-order valence-electron chi connectivity index (χ2n) is 5.03. The van der Waals surface area contributed by atoms with E-state index in [1.165, 1.54) is 0 Å². The monoisotopic (exact) mass is 276 g/mol. The molecule has 1 aliphatic carbocycles. The maximum atomic E-state index is 12.1. The van der Waals surface area contributed by atoms with E-state index < -0.39 is 0 Å². The van der Waals surface area contributed by atoms with Crippen LogP contribution in [-0.2, 0) is 4.79 Å². The molecule has 1 amide bonds. The average Bonchev–Trinajstić information content (AvgIpc) is 2.87. The number of hydrogen-bond donors (Lipinski definition) is 2. The van der Waals surface area contributed by atoms with Gasteiger partial charge >= 0.3 is 0 Å². The molecular weight excluding hydrogens is 260 g/mol. The SMILES string of the molecule is O=C(Nc1ccc2ncsc2c1)C1CCC(O)CC1. The van der Waals surface area contributed by atoms with Crippen LogP contribution in [0.1, 0.15) is 25.7 Å². The number of carbonyl (C=O) groups excluding carboxylic acids is 1. The number of hydrogen-bond acceptors (Lipinski definition) is 4. The van der Waals surface area contributed by atoms with E-state index in [2.05, 4.69) is 10.3 Å². The van der Waals surface area contributed by atoms with Crippen LogP contribution in [0.25, 0.3) is 10.2 Å². The van der Waals surface area contributed by atoms with E-state index in [4.69, 9.17) is 0 Å². The molecule has 1 aliphatic rings. The van der Waals surface area contributed by atoms with Crippen molar-refractivity contribution in [1.29, 1.82) is 0 Å². The number of fused-ring (bicyclic) bond motifs is 1. The predicted octanol–water partition coefficient (Wildman–Crippen LogP) is 2.79. The Morgan fingerprint density at radius 2 is 2.11 bits per heavy atom. The Balaban J connectivity index is 1.68. The van der Waals surface area contributed by atoms with Gasteiger partial charge in [-0.05, 0) is 43.9 Å².